The van der Waals surface area contributed by atoms with Crippen molar-refractivity contribution in [2.24, 2.45) is 5.41 Å². The Morgan fingerprint density at radius 2 is 2.36 bits per heavy atom. The van der Waals surface area contributed by atoms with E-state index in [1.165, 1.54) is 6.42 Å². The second kappa shape index (κ2) is 2.61. The van der Waals surface area contributed by atoms with Crippen LogP contribution in [0.5, 0.6) is 0 Å². The summed E-state index contributed by atoms with van der Waals surface area (Å²) in [5.74, 6) is 0.0745. The van der Waals surface area contributed by atoms with Crippen molar-refractivity contribution >= 4 is 28.6 Å². The van der Waals surface area contributed by atoms with E-state index in [1.54, 1.807) is 0 Å². The average molecular weight is 266 g/mol. The van der Waals surface area contributed by atoms with Crippen molar-refractivity contribution in [3.8, 4) is 0 Å². The highest BCUT2D eigenvalue weighted by Crippen LogP contribution is 2.50. The quantitative estimate of drug-likeness (QED) is 0.411. The number of esters is 1. The van der Waals surface area contributed by atoms with E-state index in [1.807, 2.05) is 0 Å². The lowest BCUT2D eigenvalue weighted by Crippen LogP contribution is -2.33. The fourth-order valence-corrected chi connectivity index (χ4v) is 2.43. The molecule has 1 spiro atoms. The van der Waals surface area contributed by atoms with E-state index in [2.05, 4.69) is 22.6 Å². The van der Waals surface area contributed by atoms with E-state index in [0.717, 1.165) is 23.7 Å². The van der Waals surface area contributed by atoms with Crippen LogP contribution in [0.2, 0.25) is 0 Å². The van der Waals surface area contributed by atoms with Crippen LogP contribution in [0.15, 0.2) is 0 Å². The minimum Gasteiger partial charge on any atom is -0.461 e. The van der Waals surface area contributed by atoms with Crippen LogP contribution in [0.25, 0.3) is 0 Å². The van der Waals surface area contributed by atoms with Crippen LogP contribution in [0.3, 0.4) is 0 Å². The first-order chi connectivity index (χ1) is 5.27. The lowest BCUT2D eigenvalue weighted by atomic mass is 9.67. The Morgan fingerprint density at radius 3 is 2.64 bits per heavy atom. The van der Waals surface area contributed by atoms with E-state index in [4.69, 9.17) is 4.74 Å². The Labute approximate surface area is 79.8 Å². The summed E-state index contributed by atoms with van der Waals surface area (Å²) < 4.78 is 6.17. The van der Waals surface area contributed by atoms with Gasteiger partial charge in [0.2, 0.25) is 0 Å². The highest BCUT2D eigenvalue weighted by molar-refractivity contribution is 14.1. The molecule has 0 aromatic carbocycles. The molecule has 0 N–H and O–H groups in total. The molecule has 1 aliphatic heterocycles. The second-order valence-electron chi connectivity index (χ2n) is 3.52. The van der Waals surface area contributed by atoms with Crippen LogP contribution >= 0.6 is 22.6 Å². The topological polar surface area (TPSA) is 26.3 Å². The predicted molar refractivity (Wildman–Crippen MR) is 49.7 cm³/mol. The first kappa shape index (κ1) is 7.83. The first-order valence-electron chi connectivity index (χ1n) is 4.04. The van der Waals surface area contributed by atoms with E-state index < -0.39 is 0 Å². The molecule has 0 bridgehead atoms. The largest absolute Gasteiger partial charge is 0.461 e. The van der Waals surface area contributed by atoms with Gasteiger partial charge in [-0.1, -0.05) is 29.0 Å². The summed E-state index contributed by atoms with van der Waals surface area (Å²) in [6.45, 7) is 0. The van der Waals surface area contributed by atoms with Crippen LogP contribution in [-0.2, 0) is 9.53 Å². The molecule has 0 aromatic heterocycles. The minimum atomic E-state index is -0.0180. The standard InChI is InChI=1S/C8H11IO2/c9-5-6-4-8(2-1-3-8)7(10)11-6/h6H,1-5H2. The summed E-state index contributed by atoms with van der Waals surface area (Å²) in [5, 5.41) is 0. The molecule has 2 rings (SSSR count). The Kier molecular flexibility index (Phi) is 1.85. The van der Waals surface area contributed by atoms with Gasteiger partial charge in [0.05, 0.1) is 5.41 Å². The highest BCUT2D eigenvalue weighted by atomic mass is 127. The molecule has 0 aromatic rings. The lowest BCUT2D eigenvalue weighted by Gasteiger charge is -2.33. The van der Waals surface area contributed by atoms with Crippen molar-refractivity contribution in [1.29, 1.82) is 0 Å². The molecule has 0 radical (unpaired) electrons. The maximum Gasteiger partial charge on any atom is 0.312 e. The molecular weight excluding hydrogens is 255 g/mol. The van der Waals surface area contributed by atoms with Crippen molar-refractivity contribution in [1.82, 2.24) is 0 Å². The Hall–Kier alpha value is 0.200. The fourth-order valence-electron chi connectivity index (χ4n) is 1.94. The van der Waals surface area contributed by atoms with Gasteiger partial charge in [-0.3, -0.25) is 4.79 Å². The second-order valence-corrected chi connectivity index (χ2v) is 4.40. The van der Waals surface area contributed by atoms with Crippen LogP contribution in [0, 0.1) is 5.41 Å². The molecule has 62 valence electrons. The maximum atomic E-state index is 11.3. The maximum absolute atomic E-state index is 11.3. The van der Waals surface area contributed by atoms with Gasteiger partial charge in [0, 0.05) is 10.8 Å². The zero-order valence-corrected chi connectivity index (χ0v) is 8.46. The number of carbonyl (C=O) groups excluding carboxylic acids is 1. The lowest BCUT2D eigenvalue weighted by molar-refractivity contribution is -0.151. The van der Waals surface area contributed by atoms with Crippen LogP contribution in [0.4, 0.5) is 0 Å². The molecule has 1 aliphatic carbocycles. The molecule has 1 saturated carbocycles. The zero-order valence-electron chi connectivity index (χ0n) is 6.31. The molecule has 2 nitrogen and oxygen atoms in total. The third-order valence-corrected chi connectivity index (χ3v) is 3.79. The number of carbonyl (C=O) groups is 1. The Morgan fingerprint density at radius 1 is 1.64 bits per heavy atom. The van der Waals surface area contributed by atoms with Crippen LogP contribution < -0.4 is 0 Å². The monoisotopic (exact) mass is 266 g/mol. The molecule has 2 aliphatic rings. The van der Waals surface area contributed by atoms with Crippen LogP contribution in [0.1, 0.15) is 25.7 Å². The number of hydrogen-bond acceptors (Lipinski definition) is 2. The number of rotatable bonds is 1. The predicted octanol–water partition coefficient (Wildman–Crippen LogP) is 1.91. The molecule has 3 heteroatoms. The van der Waals surface area contributed by atoms with Gasteiger partial charge in [0.1, 0.15) is 6.10 Å². The van der Waals surface area contributed by atoms with Gasteiger partial charge in [0.15, 0.2) is 0 Å². The van der Waals surface area contributed by atoms with Crippen molar-refractivity contribution < 1.29 is 9.53 Å². The van der Waals surface area contributed by atoms with Gasteiger partial charge in [-0.2, -0.15) is 0 Å². The summed E-state index contributed by atoms with van der Waals surface area (Å²) in [4.78, 5) is 11.3. The summed E-state index contributed by atoms with van der Waals surface area (Å²) in [5.41, 5.74) is -0.0180. The SMILES string of the molecule is O=C1OC(CI)CC12CCC2. The fraction of sp³-hybridized carbons (Fsp3) is 0.875. The number of alkyl halides is 1. The number of cyclic esters (lactones) is 1. The first-order valence-corrected chi connectivity index (χ1v) is 5.56. The van der Waals surface area contributed by atoms with Gasteiger partial charge in [-0.15, -0.1) is 0 Å². The van der Waals surface area contributed by atoms with E-state index in [9.17, 15) is 4.79 Å². The summed E-state index contributed by atoms with van der Waals surface area (Å²) in [6.07, 6.45) is 4.54. The van der Waals surface area contributed by atoms with Gasteiger partial charge in [-0.25, -0.2) is 0 Å². The van der Waals surface area contributed by atoms with E-state index in [-0.39, 0.29) is 17.5 Å². The third kappa shape index (κ3) is 1.08. The van der Waals surface area contributed by atoms with Crippen molar-refractivity contribution in [2.45, 2.75) is 31.8 Å². The number of ether oxygens (including phenoxy) is 1. The van der Waals surface area contributed by atoms with Crippen molar-refractivity contribution in [3.05, 3.63) is 0 Å². The van der Waals surface area contributed by atoms with Gasteiger partial charge in [0.25, 0.3) is 0 Å². The molecule has 1 unspecified atom stereocenters. The third-order valence-electron chi connectivity index (χ3n) is 2.81. The van der Waals surface area contributed by atoms with Crippen molar-refractivity contribution in [2.75, 3.05) is 4.43 Å². The number of halogens is 1. The minimum absolute atomic E-state index is 0.0180. The molecule has 2 fully saturated rings. The summed E-state index contributed by atoms with van der Waals surface area (Å²) in [6, 6.07) is 0. The highest BCUT2D eigenvalue weighted by Gasteiger charge is 2.52. The van der Waals surface area contributed by atoms with Gasteiger partial charge in [-0.05, 0) is 12.8 Å². The van der Waals surface area contributed by atoms with Gasteiger partial charge < -0.3 is 4.74 Å². The van der Waals surface area contributed by atoms with Crippen LogP contribution in [-0.4, -0.2) is 16.5 Å². The van der Waals surface area contributed by atoms with E-state index in [0.29, 0.717) is 0 Å². The molecule has 1 heterocycles. The smallest absolute Gasteiger partial charge is 0.312 e. The Balaban J connectivity index is 2.08. The van der Waals surface area contributed by atoms with Gasteiger partial charge >= 0.3 is 5.97 Å². The molecule has 1 atom stereocenters. The van der Waals surface area contributed by atoms with Crippen molar-refractivity contribution in [3.63, 3.8) is 0 Å². The summed E-state index contributed by atoms with van der Waals surface area (Å²) >= 11 is 2.28. The molecule has 1 saturated heterocycles. The average Bonchev–Trinajstić information content (AvgIpc) is 2.25. The molecular formula is C8H11IO2. The van der Waals surface area contributed by atoms with E-state index >= 15 is 0 Å². The Bertz CT molecular complexity index is 187. The normalized spacial score (nSPS) is 33.5. The molecule has 11 heavy (non-hydrogen) atoms. The zero-order chi connectivity index (χ0) is 7.90. The summed E-state index contributed by atoms with van der Waals surface area (Å²) in [7, 11) is 0. The molecule has 0 amide bonds. The number of hydrogen-bond donors (Lipinski definition) is 0.